The molecule has 3 rings (SSSR count). The second-order valence-corrected chi connectivity index (χ2v) is 5.79. The standard InChI is InChI=1S/C17H14O4S/c1-20-11-8-12(16(17(18)19)13(9-11)21-2)15-7-10-5-3-4-6-14(10)22-15/h3-9H,1-2H3,(H,18,19). The van der Waals surface area contributed by atoms with Gasteiger partial charge in [-0.1, -0.05) is 18.2 Å². The van der Waals surface area contributed by atoms with Crippen LogP contribution in [0.1, 0.15) is 10.4 Å². The number of hydrogen-bond donors (Lipinski definition) is 1. The molecule has 1 heterocycles. The Labute approximate surface area is 131 Å². The third-order valence-electron chi connectivity index (χ3n) is 3.44. The highest BCUT2D eigenvalue weighted by Gasteiger charge is 2.21. The fraction of sp³-hybridized carbons (Fsp3) is 0.118. The van der Waals surface area contributed by atoms with Crippen molar-refractivity contribution >= 4 is 27.4 Å². The third kappa shape index (κ3) is 2.40. The Morgan fingerprint density at radius 3 is 2.50 bits per heavy atom. The second kappa shape index (κ2) is 5.69. The lowest BCUT2D eigenvalue weighted by Crippen LogP contribution is -2.03. The molecule has 3 aromatic rings. The molecule has 2 aromatic carbocycles. The Morgan fingerprint density at radius 1 is 1.09 bits per heavy atom. The zero-order valence-corrected chi connectivity index (χ0v) is 12.9. The van der Waals surface area contributed by atoms with Crippen molar-refractivity contribution in [2.24, 2.45) is 0 Å². The molecule has 1 aromatic heterocycles. The Hall–Kier alpha value is -2.53. The van der Waals surface area contributed by atoms with Gasteiger partial charge in [0, 0.05) is 21.2 Å². The van der Waals surface area contributed by atoms with Crippen LogP contribution in [0.2, 0.25) is 0 Å². The maximum atomic E-state index is 11.7. The Balaban J connectivity index is 2.29. The van der Waals surface area contributed by atoms with Crippen molar-refractivity contribution < 1.29 is 19.4 Å². The lowest BCUT2D eigenvalue weighted by atomic mass is 10.0. The van der Waals surface area contributed by atoms with Crippen LogP contribution in [0.4, 0.5) is 0 Å². The van der Waals surface area contributed by atoms with E-state index in [-0.39, 0.29) is 5.56 Å². The van der Waals surface area contributed by atoms with E-state index in [1.54, 1.807) is 30.6 Å². The second-order valence-electron chi connectivity index (χ2n) is 4.71. The molecule has 0 aliphatic rings. The van der Waals surface area contributed by atoms with Crippen molar-refractivity contribution in [2.75, 3.05) is 14.2 Å². The first-order chi connectivity index (χ1) is 10.6. The number of fused-ring (bicyclic) bond motifs is 1. The number of benzene rings is 2. The molecule has 0 spiro atoms. The van der Waals surface area contributed by atoms with Crippen LogP contribution in [0.5, 0.6) is 11.5 Å². The Morgan fingerprint density at radius 2 is 1.86 bits per heavy atom. The Kier molecular flexibility index (Phi) is 3.73. The van der Waals surface area contributed by atoms with Crippen LogP contribution in [0.3, 0.4) is 0 Å². The van der Waals surface area contributed by atoms with Gasteiger partial charge in [-0.15, -0.1) is 11.3 Å². The number of aromatic carboxylic acids is 1. The molecule has 0 unspecified atom stereocenters. The van der Waals surface area contributed by atoms with E-state index in [1.807, 2.05) is 30.3 Å². The average molecular weight is 314 g/mol. The van der Waals surface area contributed by atoms with E-state index in [0.29, 0.717) is 17.1 Å². The van der Waals surface area contributed by atoms with E-state index in [0.717, 1.165) is 15.0 Å². The summed E-state index contributed by atoms with van der Waals surface area (Å²) >= 11 is 1.55. The number of methoxy groups -OCH3 is 2. The van der Waals surface area contributed by atoms with Crippen molar-refractivity contribution in [2.45, 2.75) is 0 Å². The first kappa shape index (κ1) is 14.4. The minimum atomic E-state index is -1.02. The average Bonchev–Trinajstić information content (AvgIpc) is 2.97. The fourth-order valence-corrected chi connectivity index (χ4v) is 3.48. The molecule has 22 heavy (non-hydrogen) atoms. The SMILES string of the molecule is COc1cc(OC)c(C(=O)O)c(-c2cc3ccccc3s2)c1. The first-order valence-electron chi connectivity index (χ1n) is 6.62. The molecular formula is C17H14O4S. The van der Waals surface area contributed by atoms with Crippen LogP contribution in [-0.2, 0) is 0 Å². The van der Waals surface area contributed by atoms with Crippen LogP contribution < -0.4 is 9.47 Å². The van der Waals surface area contributed by atoms with Gasteiger partial charge in [-0.3, -0.25) is 0 Å². The zero-order valence-electron chi connectivity index (χ0n) is 12.1. The van der Waals surface area contributed by atoms with E-state index in [4.69, 9.17) is 9.47 Å². The summed E-state index contributed by atoms with van der Waals surface area (Å²) in [6.07, 6.45) is 0. The van der Waals surface area contributed by atoms with Gasteiger partial charge in [0.2, 0.25) is 0 Å². The molecule has 1 N–H and O–H groups in total. The van der Waals surface area contributed by atoms with E-state index >= 15 is 0 Å². The summed E-state index contributed by atoms with van der Waals surface area (Å²) in [5, 5.41) is 10.6. The molecule has 5 heteroatoms. The molecule has 112 valence electrons. The largest absolute Gasteiger partial charge is 0.497 e. The van der Waals surface area contributed by atoms with Crippen LogP contribution in [0.15, 0.2) is 42.5 Å². The smallest absolute Gasteiger partial charge is 0.340 e. The summed E-state index contributed by atoms with van der Waals surface area (Å²) in [5.41, 5.74) is 0.750. The third-order valence-corrected chi connectivity index (χ3v) is 4.59. The molecular weight excluding hydrogens is 300 g/mol. The summed E-state index contributed by atoms with van der Waals surface area (Å²) < 4.78 is 11.6. The lowest BCUT2D eigenvalue weighted by molar-refractivity contribution is 0.0694. The number of rotatable bonds is 4. The molecule has 0 bridgehead atoms. The number of thiophene rings is 1. The molecule has 4 nitrogen and oxygen atoms in total. The maximum absolute atomic E-state index is 11.7. The van der Waals surface area contributed by atoms with Gasteiger partial charge in [0.05, 0.1) is 14.2 Å². The van der Waals surface area contributed by atoms with E-state index < -0.39 is 5.97 Å². The number of carboxylic acid groups (broad SMARTS) is 1. The van der Waals surface area contributed by atoms with Crippen molar-refractivity contribution in [1.29, 1.82) is 0 Å². The molecule has 0 aliphatic carbocycles. The summed E-state index contributed by atoms with van der Waals surface area (Å²) in [7, 11) is 3.00. The van der Waals surface area contributed by atoms with Crippen LogP contribution in [-0.4, -0.2) is 25.3 Å². The first-order valence-corrected chi connectivity index (χ1v) is 7.44. The topological polar surface area (TPSA) is 55.8 Å². The van der Waals surface area contributed by atoms with Crippen molar-refractivity contribution in [3.63, 3.8) is 0 Å². The number of carboxylic acids is 1. The van der Waals surface area contributed by atoms with Crippen molar-refractivity contribution in [3.8, 4) is 21.9 Å². The number of ether oxygens (including phenoxy) is 2. The summed E-state index contributed by atoms with van der Waals surface area (Å²) in [4.78, 5) is 12.5. The van der Waals surface area contributed by atoms with Crippen molar-refractivity contribution in [3.05, 3.63) is 48.0 Å². The van der Waals surface area contributed by atoms with E-state index in [1.165, 1.54) is 7.11 Å². The number of carbonyl (C=O) groups is 1. The summed E-state index contributed by atoms with van der Waals surface area (Å²) in [5.74, 6) is -0.166. The summed E-state index contributed by atoms with van der Waals surface area (Å²) in [6.45, 7) is 0. The number of hydrogen-bond acceptors (Lipinski definition) is 4. The van der Waals surface area contributed by atoms with E-state index in [9.17, 15) is 9.90 Å². The molecule has 0 saturated carbocycles. The van der Waals surface area contributed by atoms with Crippen LogP contribution >= 0.6 is 11.3 Å². The lowest BCUT2D eigenvalue weighted by Gasteiger charge is -2.12. The fourth-order valence-electron chi connectivity index (χ4n) is 2.40. The van der Waals surface area contributed by atoms with Crippen molar-refractivity contribution in [1.82, 2.24) is 0 Å². The predicted octanol–water partition coefficient (Wildman–Crippen LogP) is 4.28. The maximum Gasteiger partial charge on any atom is 0.340 e. The zero-order chi connectivity index (χ0) is 15.7. The van der Waals surface area contributed by atoms with Gasteiger partial charge in [-0.25, -0.2) is 4.79 Å². The molecule has 0 aliphatic heterocycles. The minimum Gasteiger partial charge on any atom is -0.497 e. The molecule has 0 radical (unpaired) electrons. The van der Waals surface area contributed by atoms with Crippen LogP contribution in [0.25, 0.3) is 20.5 Å². The van der Waals surface area contributed by atoms with Gasteiger partial charge < -0.3 is 14.6 Å². The van der Waals surface area contributed by atoms with Gasteiger partial charge in [0.25, 0.3) is 0 Å². The molecule has 0 amide bonds. The minimum absolute atomic E-state index is 0.148. The predicted molar refractivity (Wildman–Crippen MR) is 87.3 cm³/mol. The van der Waals surface area contributed by atoms with Crippen LogP contribution in [0, 0.1) is 0 Å². The normalized spacial score (nSPS) is 10.6. The summed E-state index contributed by atoms with van der Waals surface area (Å²) in [6, 6.07) is 13.3. The van der Waals surface area contributed by atoms with Gasteiger partial charge in [0.15, 0.2) is 0 Å². The van der Waals surface area contributed by atoms with Gasteiger partial charge in [0.1, 0.15) is 17.1 Å². The quantitative estimate of drug-likeness (QED) is 0.781. The highest BCUT2D eigenvalue weighted by molar-refractivity contribution is 7.22. The molecule has 0 atom stereocenters. The highest BCUT2D eigenvalue weighted by Crippen LogP contribution is 2.40. The van der Waals surface area contributed by atoms with Gasteiger partial charge in [-0.05, 0) is 23.6 Å². The monoisotopic (exact) mass is 314 g/mol. The van der Waals surface area contributed by atoms with Gasteiger partial charge in [-0.2, -0.15) is 0 Å². The Bertz CT molecular complexity index is 818. The molecule has 0 saturated heterocycles. The van der Waals surface area contributed by atoms with E-state index in [2.05, 4.69) is 0 Å². The molecule has 0 fully saturated rings. The van der Waals surface area contributed by atoms with Gasteiger partial charge >= 0.3 is 5.97 Å². The highest BCUT2D eigenvalue weighted by atomic mass is 32.1.